The number of carbonyl (C=O) groups excluding carboxylic acids is 1. The van der Waals surface area contributed by atoms with E-state index in [0.29, 0.717) is 24.9 Å². The number of hydrogen-bond donors (Lipinski definition) is 2. The van der Waals surface area contributed by atoms with Crippen LogP contribution in [0.5, 0.6) is 0 Å². The van der Waals surface area contributed by atoms with Crippen molar-refractivity contribution in [2.75, 3.05) is 12.7 Å². The van der Waals surface area contributed by atoms with Gasteiger partial charge in [-0.3, -0.25) is 9.36 Å². The van der Waals surface area contributed by atoms with Crippen molar-refractivity contribution in [3.05, 3.63) is 35.9 Å². The maximum atomic E-state index is 12.2. The second kappa shape index (κ2) is 6.41. The minimum Gasteiger partial charge on any atom is -0.480 e. The largest absolute Gasteiger partial charge is 0.480 e. The fourth-order valence-electron chi connectivity index (χ4n) is 2.55. The Balaban J connectivity index is 2.01. The molecule has 0 spiro atoms. The lowest BCUT2D eigenvalue weighted by atomic mass is 10.2. The van der Waals surface area contributed by atoms with E-state index in [2.05, 4.69) is 0 Å². The molecule has 1 unspecified atom stereocenters. The lowest BCUT2D eigenvalue weighted by molar-refractivity contribution is -0.147. The quantitative estimate of drug-likeness (QED) is 0.804. The third-order valence-electron chi connectivity index (χ3n) is 3.51. The van der Waals surface area contributed by atoms with Gasteiger partial charge in [0.25, 0.3) is 0 Å². The number of rotatable bonds is 5. The van der Waals surface area contributed by atoms with Gasteiger partial charge in [0.2, 0.25) is 13.3 Å². The van der Waals surface area contributed by atoms with Crippen molar-refractivity contribution in [1.82, 2.24) is 4.90 Å². The fourth-order valence-corrected chi connectivity index (χ4v) is 4.05. The average molecular weight is 311 g/mol. The maximum absolute atomic E-state index is 12.2. The number of nitrogens with zero attached hydrogens (tertiary/aromatic N) is 1. The van der Waals surface area contributed by atoms with Crippen LogP contribution in [0.25, 0.3) is 0 Å². The topological polar surface area (TPSA) is 94.9 Å². The second-order valence-electron chi connectivity index (χ2n) is 5.23. The van der Waals surface area contributed by atoms with E-state index in [-0.39, 0.29) is 6.16 Å². The number of carbonyl (C=O) groups is 2. The monoisotopic (exact) mass is 311 g/mol. The molecule has 1 aliphatic heterocycles. The van der Waals surface area contributed by atoms with Crippen LogP contribution in [0.3, 0.4) is 0 Å². The van der Waals surface area contributed by atoms with Gasteiger partial charge in [-0.05, 0) is 18.4 Å². The Hall–Kier alpha value is -1.65. The van der Waals surface area contributed by atoms with Gasteiger partial charge in [0, 0.05) is 6.54 Å². The molecule has 1 aromatic rings. The van der Waals surface area contributed by atoms with Gasteiger partial charge >= 0.3 is 5.97 Å². The minimum absolute atomic E-state index is 0.0782. The molecule has 2 N–H and O–H groups in total. The van der Waals surface area contributed by atoms with E-state index >= 15 is 0 Å². The van der Waals surface area contributed by atoms with Crippen molar-refractivity contribution >= 4 is 19.2 Å². The lowest BCUT2D eigenvalue weighted by Gasteiger charge is -2.22. The first-order chi connectivity index (χ1) is 9.89. The summed E-state index contributed by atoms with van der Waals surface area (Å²) in [5, 5.41) is 9.04. The Labute approximate surface area is 122 Å². The number of likely N-dealkylation sites (tertiary alicyclic amines) is 1. The Morgan fingerprint density at radius 3 is 2.57 bits per heavy atom. The van der Waals surface area contributed by atoms with Crippen LogP contribution < -0.4 is 0 Å². The number of amides is 1. The molecule has 0 bridgehead atoms. The smallest absolute Gasteiger partial charge is 0.326 e. The van der Waals surface area contributed by atoms with E-state index in [1.165, 1.54) is 4.90 Å². The third-order valence-corrected chi connectivity index (χ3v) is 5.14. The lowest BCUT2D eigenvalue weighted by Crippen LogP contribution is -2.41. The van der Waals surface area contributed by atoms with Gasteiger partial charge in [-0.25, -0.2) is 4.79 Å². The molecule has 0 saturated carbocycles. The Morgan fingerprint density at radius 2 is 1.95 bits per heavy atom. The summed E-state index contributed by atoms with van der Waals surface area (Å²) in [5.74, 6) is -1.61. The van der Waals surface area contributed by atoms with E-state index in [1.807, 2.05) is 0 Å². The van der Waals surface area contributed by atoms with Gasteiger partial charge in [-0.1, -0.05) is 30.3 Å². The van der Waals surface area contributed by atoms with Crippen molar-refractivity contribution < 1.29 is 24.2 Å². The summed E-state index contributed by atoms with van der Waals surface area (Å²) in [6.45, 7) is 0.334. The predicted molar refractivity (Wildman–Crippen MR) is 77.2 cm³/mol. The van der Waals surface area contributed by atoms with E-state index in [4.69, 9.17) is 5.11 Å². The highest BCUT2D eigenvalue weighted by Gasteiger charge is 2.36. The second-order valence-corrected chi connectivity index (χ2v) is 7.56. The molecular formula is C14H18NO5P. The first-order valence-electron chi connectivity index (χ1n) is 6.76. The van der Waals surface area contributed by atoms with Crippen LogP contribution in [0.2, 0.25) is 0 Å². The van der Waals surface area contributed by atoms with Gasteiger partial charge < -0.3 is 14.9 Å². The molecule has 1 heterocycles. The number of carboxylic acid groups (broad SMARTS) is 1. The summed E-state index contributed by atoms with van der Waals surface area (Å²) >= 11 is 0. The highest BCUT2D eigenvalue weighted by atomic mass is 31.2. The van der Waals surface area contributed by atoms with Crippen LogP contribution in [0.4, 0.5) is 0 Å². The molecule has 1 amide bonds. The number of benzene rings is 1. The van der Waals surface area contributed by atoms with Crippen molar-refractivity contribution in [2.24, 2.45) is 0 Å². The van der Waals surface area contributed by atoms with Crippen LogP contribution in [-0.2, 0) is 20.3 Å². The van der Waals surface area contributed by atoms with Crippen LogP contribution >= 0.6 is 7.37 Å². The molecule has 1 aromatic carbocycles. The molecule has 7 heteroatoms. The van der Waals surface area contributed by atoms with E-state index in [1.54, 1.807) is 30.3 Å². The molecule has 2 atom stereocenters. The molecule has 1 saturated heterocycles. The molecule has 1 fully saturated rings. The molecule has 1 aliphatic rings. The Morgan fingerprint density at radius 1 is 1.29 bits per heavy atom. The standard InChI is InChI=1S/C14H18NO5P/c16-13(15-8-4-7-12(15)14(17)18)10-21(19,20)9-11-5-2-1-3-6-11/h1-3,5-6,12H,4,7-10H2,(H,17,18)(H,19,20)/t12-/m0/s1. The summed E-state index contributed by atoms with van der Waals surface area (Å²) in [4.78, 5) is 34.3. The molecule has 21 heavy (non-hydrogen) atoms. The van der Waals surface area contributed by atoms with E-state index in [9.17, 15) is 19.0 Å². The van der Waals surface area contributed by atoms with Gasteiger partial charge in [0.05, 0.1) is 6.16 Å². The Kier molecular flexibility index (Phi) is 4.80. The summed E-state index contributed by atoms with van der Waals surface area (Å²) in [6, 6.07) is 7.91. The van der Waals surface area contributed by atoms with Crippen molar-refractivity contribution in [3.63, 3.8) is 0 Å². The highest BCUT2D eigenvalue weighted by molar-refractivity contribution is 7.58. The van der Waals surface area contributed by atoms with Crippen LogP contribution in [0.15, 0.2) is 30.3 Å². The molecule has 2 rings (SSSR count). The van der Waals surface area contributed by atoms with Crippen LogP contribution in [0, 0.1) is 0 Å². The SMILES string of the molecule is O=C(O)[C@@H]1CCCN1C(=O)CP(=O)(O)Cc1ccccc1. The zero-order valence-corrected chi connectivity index (χ0v) is 12.4. The van der Waals surface area contributed by atoms with Crippen LogP contribution in [0.1, 0.15) is 18.4 Å². The average Bonchev–Trinajstić information content (AvgIpc) is 2.88. The first-order valence-corrected chi connectivity index (χ1v) is 8.79. The molecule has 0 radical (unpaired) electrons. The molecule has 0 aliphatic carbocycles. The summed E-state index contributed by atoms with van der Waals surface area (Å²) in [7, 11) is -3.66. The first kappa shape index (κ1) is 15.7. The molecular weight excluding hydrogens is 293 g/mol. The minimum atomic E-state index is -3.66. The van der Waals surface area contributed by atoms with Crippen molar-refractivity contribution in [2.45, 2.75) is 25.0 Å². The van der Waals surface area contributed by atoms with Gasteiger partial charge in [-0.15, -0.1) is 0 Å². The summed E-state index contributed by atoms with van der Waals surface area (Å²) < 4.78 is 12.2. The predicted octanol–water partition coefficient (Wildman–Crippen LogP) is 1.53. The highest BCUT2D eigenvalue weighted by Crippen LogP contribution is 2.44. The van der Waals surface area contributed by atoms with Crippen molar-refractivity contribution in [3.8, 4) is 0 Å². The normalized spacial score (nSPS) is 21.0. The third kappa shape index (κ3) is 4.16. The zero-order valence-electron chi connectivity index (χ0n) is 11.5. The summed E-state index contributed by atoms with van der Waals surface area (Å²) in [5.41, 5.74) is 0.687. The Bertz CT molecular complexity index is 574. The zero-order chi connectivity index (χ0) is 15.5. The van der Waals surface area contributed by atoms with Gasteiger partial charge in [0.15, 0.2) is 0 Å². The summed E-state index contributed by atoms with van der Waals surface area (Å²) in [6.07, 6.45) is 0.420. The molecule has 114 valence electrons. The van der Waals surface area contributed by atoms with Crippen molar-refractivity contribution in [1.29, 1.82) is 0 Å². The molecule has 6 nitrogen and oxygen atoms in total. The number of carboxylic acids is 1. The van der Waals surface area contributed by atoms with Gasteiger partial charge in [0.1, 0.15) is 12.2 Å². The van der Waals surface area contributed by atoms with Crippen LogP contribution in [-0.4, -0.2) is 45.5 Å². The van der Waals surface area contributed by atoms with E-state index in [0.717, 1.165) is 0 Å². The fraction of sp³-hybridized carbons (Fsp3) is 0.429. The number of hydrogen-bond acceptors (Lipinski definition) is 3. The van der Waals surface area contributed by atoms with E-state index < -0.39 is 31.4 Å². The number of aliphatic carboxylic acids is 1. The molecule has 0 aromatic heterocycles. The maximum Gasteiger partial charge on any atom is 0.326 e. The van der Waals surface area contributed by atoms with Gasteiger partial charge in [-0.2, -0.15) is 0 Å².